The van der Waals surface area contributed by atoms with E-state index in [0.717, 1.165) is 0 Å². The number of para-hydroxylation sites is 1. The molecule has 1 heterocycles. The molecule has 0 unspecified atom stereocenters. The molecule has 0 aliphatic carbocycles. The molecule has 1 aromatic heterocycles. The Morgan fingerprint density at radius 2 is 2.28 bits per heavy atom. The highest BCUT2D eigenvalue weighted by molar-refractivity contribution is 6.33. The van der Waals surface area contributed by atoms with Gasteiger partial charge in [-0.1, -0.05) is 17.7 Å². The monoisotopic (exact) mass is 264 g/mol. The molecule has 0 bridgehead atoms. The van der Waals surface area contributed by atoms with Crippen LogP contribution in [-0.2, 0) is 4.79 Å². The average molecular weight is 265 g/mol. The van der Waals surface area contributed by atoms with E-state index in [-0.39, 0.29) is 12.5 Å². The van der Waals surface area contributed by atoms with Gasteiger partial charge in [0.05, 0.1) is 17.3 Å². The smallest absolute Gasteiger partial charge is 0.238 e. The fourth-order valence-corrected chi connectivity index (χ4v) is 1.87. The second-order valence-electron chi connectivity index (χ2n) is 3.67. The van der Waals surface area contributed by atoms with E-state index < -0.39 is 0 Å². The number of anilines is 1. The Hall–Kier alpha value is -1.85. The van der Waals surface area contributed by atoms with Crippen LogP contribution in [0.15, 0.2) is 36.7 Å². The molecule has 0 aliphatic heterocycles. The number of hydrogen-bond acceptors (Lipinski definition) is 3. The Kier molecular flexibility index (Phi) is 3.96. The molecule has 0 spiro atoms. The van der Waals surface area contributed by atoms with Crippen LogP contribution in [0.4, 0.5) is 5.69 Å². The third-order valence-electron chi connectivity index (χ3n) is 2.33. The molecular formula is C12H13ClN4O. The minimum absolute atomic E-state index is 0.131. The maximum Gasteiger partial charge on any atom is 0.238 e. The van der Waals surface area contributed by atoms with E-state index in [9.17, 15) is 4.79 Å². The Morgan fingerprint density at radius 1 is 1.44 bits per heavy atom. The number of nitrogens with zero attached hydrogens (tertiary/aromatic N) is 2. The molecule has 1 amide bonds. The number of benzene rings is 1. The van der Waals surface area contributed by atoms with Gasteiger partial charge in [0, 0.05) is 12.4 Å². The Balaban J connectivity index is 2.36. The quantitative estimate of drug-likeness (QED) is 0.883. The molecule has 1 aromatic carbocycles. The van der Waals surface area contributed by atoms with Crippen molar-refractivity contribution in [2.24, 2.45) is 0 Å². The van der Waals surface area contributed by atoms with E-state index in [1.807, 2.05) is 0 Å². The molecule has 5 nitrogen and oxygen atoms in total. The average Bonchev–Trinajstić information content (AvgIpc) is 2.82. The summed E-state index contributed by atoms with van der Waals surface area (Å²) >= 11 is 6.15. The van der Waals surface area contributed by atoms with Crippen molar-refractivity contribution in [3.63, 3.8) is 0 Å². The minimum Gasteiger partial charge on any atom is -0.323 e. The summed E-state index contributed by atoms with van der Waals surface area (Å²) in [6.45, 7) is 0.241. The van der Waals surface area contributed by atoms with Gasteiger partial charge in [-0.25, -0.2) is 4.68 Å². The first kappa shape index (κ1) is 12.6. The van der Waals surface area contributed by atoms with E-state index >= 15 is 0 Å². The number of carbonyl (C=O) groups is 1. The van der Waals surface area contributed by atoms with Crippen LogP contribution in [0.3, 0.4) is 0 Å². The second-order valence-corrected chi connectivity index (χ2v) is 4.07. The summed E-state index contributed by atoms with van der Waals surface area (Å²) in [5, 5.41) is 10.2. The molecular weight excluding hydrogens is 252 g/mol. The summed E-state index contributed by atoms with van der Waals surface area (Å²) in [4.78, 5) is 11.6. The van der Waals surface area contributed by atoms with Crippen molar-refractivity contribution in [3.05, 3.63) is 41.7 Å². The van der Waals surface area contributed by atoms with Gasteiger partial charge in [0.2, 0.25) is 5.91 Å². The summed E-state index contributed by atoms with van der Waals surface area (Å²) in [6, 6.07) is 7.12. The van der Waals surface area contributed by atoms with Gasteiger partial charge in [-0.2, -0.15) is 5.10 Å². The van der Waals surface area contributed by atoms with Crippen LogP contribution < -0.4 is 10.6 Å². The number of halogens is 1. The van der Waals surface area contributed by atoms with Gasteiger partial charge in [-0.3, -0.25) is 4.79 Å². The fraction of sp³-hybridized carbons (Fsp3) is 0.167. The first-order valence-electron chi connectivity index (χ1n) is 5.45. The summed E-state index contributed by atoms with van der Waals surface area (Å²) < 4.78 is 1.62. The summed E-state index contributed by atoms with van der Waals surface area (Å²) in [6.07, 6.45) is 3.43. The highest BCUT2D eigenvalue weighted by atomic mass is 35.5. The van der Waals surface area contributed by atoms with Crippen molar-refractivity contribution < 1.29 is 4.79 Å². The molecule has 0 aliphatic rings. The molecule has 0 saturated carbocycles. The Morgan fingerprint density at radius 3 is 2.94 bits per heavy atom. The lowest BCUT2D eigenvalue weighted by atomic mass is 10.2. The molecule has 2 N–H and O–H groups in total. The number of likely N-dealkylation sites (N-methyl/N-ethyl adjacent to an activating group) is 1. The van der Waals surface area contributed by atoms with E-state index in [0.29, 0.717) is 16.4 Å². The molecule has 0 radical (unpaired) electrons. The van der Waals surface area contributed by atoms with Gasteiger partial charge in [0.1, 0.15) is 5.69 Å². The number of amides is 1. The van der Waals surface area contributed by atoms with Gasteiger partial charge in [0.15, 0.2) is 0 Å². The third kappa shape index (κ3) is 2.69. The van der Waals surface area contributed by atoms with Crippen molar-refractivity contribution in [2.75, 3.05) is 18.9 Å². The van der Waals surface area contributed by atoms with Crippen molar-refractivity contribution in [1.29, 1.82) is 0 Å². The SMILES string of the molecule is CNCC(=O)Nc1cccc(Cl)c1-n1cccn1. The number of carbonyl (C=O) groups excluding carboxylic acids is 1. The number of nitrogens with one attached hydrogen (secondary N) is 2. The van der Waals surface area contributed by atoms with E-state index in [4.69, 9.17) is 11.6 Å². The summed E-state index contributed by atoms with van der Waals surface area (Å²) in [7, 11) is 1.71. The van der Waals surface area contributed by atoms with Crippen molar-refractivity contribution >= 4 is 23.2 Å². The summed E-state index contributed by atoms with van der Waals surface area (Å²) in [5.74, 6) is -0.131. The van der Waals surface area contributed by atoms with Crippen molar-refractivity contribution in [2.45, 2.75) is 0 Å². The highest BCUT2D eigenvalue weighted by Gasteiger charge is 2.11. The lowest BCUT2D eigenvalue weighted by Gasteiger charge is -2.12. The largest absolute Gasteiger partial charge is 0.323 e. The second kappa shape index (κ2) is 5.66. The van der Waals surface area contributed by atoms with Gasteiger partial charge in [-0.15, -0.1) is 0 Å². The van der Waals surface area contributed by atoms with Crippen LogP contribution in [0.25, 0.3) is 5.69 Å². The zero-order valence-corrected chi connectivity index (χ0v) is 10.6. The maximum atomic E-state index is 11.6. The van der Waals surface area contributed by atoms with Gasteiger partial charge < -0.3 is 10.6 Å². The number of rotatable bonds is 4. The fourth-order valence-electron chi connectivity index (χ4n) is 1.61. The topological polar surface area (TPSA) is 59.0 Å². The Labute approximate surface area is 110 Å². The van der Waals surface area contributed by atoms with Crippen molar-refractivity contribution in [3.8, 4) is 5.69 Å². The van der Waals surface area contributed by atoms with Crippen LogP contribution in [0.2, 0.25) is 5.02 Å². The number of aromatic nitrogens is 2. The first-order valence-corrected chi connectivity index (χ1v) is 5.83. The van der Waals surface area contributed by atoms with Crippen LogP contribution in [-0.4, -0.2) is 29.3 Å². The van der Waals surface area contributed by atoms with E-state index in [1.165, 1.54) is 0 Å². The molecule has 2 rings (SSSR count). The van der Waals surface area contributed by atoms with Crippen LogP contribution >= 0.6 is 11.6 Å². The van der Waals surface area contributed by atoms with Gasteiger partial charge in [0.25, 0.3) is 0 Å². The first-order chi connectivity index (χ1) is 8.72. The lowest BCUT2D eigenvalue weighted by Crippen LogP contribution is -2.25. The zero-order chi connectivity index (χ0) is 13.0. The molecule has 0 saturated heterocycles. The Bertz CT molecular complexity index is 539. The van der Waals surface area contributed by atoms with Crippen LogP contribution in [0, 0.1) is 0 Å². The molecule has 0 fully saturated rings. The molecule has 6 heteroatoms. The van der Waals surface area contributed by atoms with Gasteiger partial charge >= 0.3 is 0 Å². The molecule has 2 aromatic rings. The van der Waals surface area contributed by atoms with E-state index in [2.05, 4.69) is 15.7 Å². The van der Waals surface area contributed by atoms with Crippen LogP contribution in [0.5, 0.6) is 0 Å². The van der Waals surface area contributed by atoms with Crippen LogP contribution in [0.1, 0.15) is 0 Å². The number of hydrogen-bond donors (Lipinski definition) is 2. The maximum absolute atomic E-state index is 11.6. The zero-order valence-electron chi connectivity index (χ0n) is 9.85. The van der Waals surface area contributed by atoms with Gasteiger partial charge in [-0.05, 0) is 25.2 Å². The predicted molar refractivity (Wildman–Crippen MR) is 71.1 cm³/mol. The third-order valence-corrected chi connectivity index (χ3v) is 2.64. The summed E-state index contributed by atoms with van der Waals surface area (Å²) in [5.41, 5.74) is 1.29. The molecule has 18 heavy (non-hydrogen) atoms. The standard InChI is InChI=1S/C12H13ClN4O/c1-14-8-11(18)16-10-5-2-4-9(13)12(10)17-7-3-6-15-17/h2-7,14H,8H2,1H3,(H,16,18). The van der Waals surface area contributed by atoms with E-state index in [1.54, 1.807) is 48.4 Å². The lowest BCUT2D eigenvalue weighted by molar-refractivity contribution is -0.115. The molecule has 94 valence electrons. The molecule has 0 atom stereocenters. The highest BCUT2D eigenvalue weighted by Crippen LogP contribution is 2.27. The minimum atomic E-state index is -0.131. The normalized spacial score (nSPS) is 10.3. The predicted octanol–water partition coefficient (Wildman–Crippen LogP) is 1.68. The van der Waals surface area contributed by atoms with Crippen molar-refractivity contribution in [1.82, 2.24) is 15.1 Å².